The summed E-state index contributed by atoms with van der Waals surface area (Å²) >= 11 is 0. The largest absolute Gasteiger partial charge is 0.469 e. The van der Waals surface area contributed by atoms with Crippen LogP contribution < -0.4 is 10.2 Å². The van der Waals surface area contributed by atoms with E-state index in [1.54, 1.807) is 31.5 Å². The van der Waals surface area contributed by atoms with E-state index in [1.165, 1.54) is 6.26 Å². The number of piperidine rings is 1. The quantitative estimate of drug-likeness (QED) is 0.931. The van der Waals surface area contributed by atoms with Gasteiger partial charge < -0.3 is 14.6 Å². The lowest BCUT2D eigenvalue weighted by molar-refractivity contribution is 0.0931. The Morgan fingerprint density at radius 1 is 1.43 bits per heavy atom. The topological polar surface area (TPSA) is 71.3 Å². The van der Waals surface area contributed by atoms with Crippen molar-refractivity contribution in [2.75, 3.05) is 18.0 Å². The summed E-state index contributed by atoms with van der Waals surface area (Å²) in [5, 5.41) is 3.07. The summed E-state index contributed by atoms with van der Waals surface area (Å²) in [7, 11) is 0. The molecule has 3 rings (SSSR count). The molecule has 6 nitrogen and oxygen atoms in total. The summed E-state index contributed by atoms with van der Waals surface area (Å²) in [6.07, 6.45) is 6.98. The molecule has 0 bridgehead atoms. The smallest absolute Gasteiger partial charge is 0.255 e. The van der Waals surface area contributed by atoms with Gasteiger partial charge >= 0.3 is 0 Å². The van der Waals surface area contributed by atoms with Crippen LogP contribution in [0.25, 0.3) is 0 Å². The fraction of sp³-hybridized carbons (Fsp3) is 0.400. The molecule has 1 saturated heterocycles. The lowest BCUT2D eigenvalue weighted by Crippen LogP contribution is -2.48. The molecule has 110 valence electrons. The highest BCUT2D eigenvalue weighted by molar-refractivity contribution is 5.95. The standard InChI is InChI=1S/C15H18N4O2/c1-11-13(5-9-21-11)14(20)18-12-4-2-8-19(10-12)15-16-6-3-7-17-15/h3,5-7,9,12H,2,4,8,10H2,1H3,(H,18,20). The van der Waals surface area contributed by atoms with E-state index < -0.39 is 0 Å². The van der Waals surface area contributed by atoms with Gasteiger partial charge in [-0.2, -0.15) is 0 Å². The van der Waals surface area contributed by atoms with Gasteiger partial charge in [-0.1, -0.05) is 0 Å². The highest BCUT2D eigenvalue weighted by Crippen LogP contribution is 2.16. The third kappa shape index (κ3) is 3.04. The van der Waals surface area contributed by atoms with Crippen LogP contribution in [0.4, 0.5) is 5.95 Å². The number of amides is 1. The summed E-state index contributed by atoms with van der Waals surface area (Å²) in [5.74, 6) is 1.28. The van der Waals surface area contributed by atoms with Crippen molar-refractivity contribution in [2.24, 2.45) is 0 Å². The number of rotatable bonds is 3. The number of nitrogens with one attached hydrogen (secondary N) is 1. The molecule has 0 saturated carbocycles. The first-order chi connectivity index (χ1) is 10.2. The SMILES string of the molecule is Cc1occc1C(=O)NC1CCCN(c2ncccn2)C1. The van der Waals surface area contributed by atoms with Crippen molar-refractivity contribution in [1.29, 1.82) is 0 Å². The Kier molecular flexibility index (Phi) is 3.85. The first-order valence-corrected chi connectivity index (χ1v) is 7.11. The lowest BCUT2D eigenvalue weighted by Gasteiger charge is -2.33. The number of carbonyl (C=O) groups is 1. The highest BCUT2D eigenvalue weighted by atomic mass is 16.3. The molecule has 0 aliphatic carbocycles. The van der Waals surface area contributed by atoms with E-state index >= 15 is 0 Å². The van der Waals surface area contributed by atoms with E-state index in [-0.39, 0.29) is 11.9 Å². The van der Waals surface area contributed by atoms with Crippen molar-refractivity contribution >= 4 is 11.9 Å². The minimum Gasteiger partial charge on any atom is -0.469 e. The van der Waals surface area contributed by atoms with Gasteiger partial charge in [0.05, 0.1) is 11.8 Å². The molecular weight excluding hydrogens is 268 g/mol. The second kappa shape index (κ2) is 5.95. The first-order valence-electron chi connectivity index (χ1n) is 7.11. The van der Waals surface area contributed by atoms with Gasteiger partial charge in [-0.15, -0.1) is 0 Å². The molecule has 1 unspecified atom stereocenters. The van der Waals surface area contributed by atoms with Gasteiger partial charge in [0.25, 0.3) is 5.91 Å². The zero-order valence-electron chi connectivity index (χ0n) is 12.0. The Labute approximate surface area is 123 Å². The molecule has 1 fully saturated rings. The average Bonchev–Trinajstić information content (AvgIpc) is 2.95. The van der Waals surface area contributed by atoms with E-state index in [9.17, 15) is 4.79 Å². The molecule has 0 aromatic carbocycles. The van der Waals surface area contributed by atoms with Gasteiger partial charge in [-0.25, -0.2) is 9.97 Å². The maximum absolute atomic E-state index is 12.2. The van der Waals surface area contributed by atoms with Crippen LogP contribution in [-0.4, -0.2) is 35.0 Å². The van der Waals surface area contributed by atoms with E-state index in [1.807, 2.05) is 0 Å². The number of hydrogen-bond donors (Lipinski definition) is 1. The summed E-state index contributed by atoms with van der Waals surface area (Å²) in [5.41, 5.74) is 0.600. The molecule has 1 amide bonds. The van der Waals surface area contributed by atoms with Gasteiger partial charge in [0.15, 0.2) is 0 Å². The Bertz CT molecular complexity index is 611. The van der Waals surface area contributed by atoms with Gasteiger partial charge in [0.1, 0.15) is 5.76 Å². The van der Waals surface area contributed by atoms with E-state index in [2.05, 4.69) is 20.2 Å². The maximum atomic E-state index is 12.2. The van der Waals surface area contributed by atoms with Gasteiger partial charge in [0, 0.05) is 31.5 Å². The molecule has 1 N–H and O–H groups in total. The van der Waals surface area contributed by atoms with Crippen LogP contribution >= 0.6 is 0 Å². The van der Waals surface area contributed by atoms with Gasteiger partial charge in [-0.3, -0.25) is 4.79 Å². The minimum atomic E-state index is -0.0814. The van der Waals surface area contributed by atoms with Crippen LogP contribution in [0.3, 0.4) is 0 Å². The molecule has 0 spiro atoms. The molecule has 2 aromatic rings. The van der Waals surface area contributed by atoms with Gasteiger partial charge in [-0.05, 0) is 31.9 Å². The number of hydrogen-bond acceptors (Lipinski definition) is 5. The number of carbonyl (C=O) groups excluding carboxylic acids is 1. The monoisotopic (exact) mass is 286 g/mol. The summed E-state index contributed by atoms with van der Waals surface area (Å²) in [4.78, 5) is 22.9. The normalized spacial score (nSPS) is 18.5. The summed E-state index contributed by atoms with van der Waals surface area (Å²) in [6, 6.07) is 3.60. The highest BCUT2D eigenvalue weighted by Gasteiger charge is 2.24. The number of nitrogens with zero attached hydrogens (tertiary/aromatic N) is 3. The molecule has 21 heavy (non-hydrogen) atoms. The number of aromatic nitrogens is 2. The molecule has 2 aromatic heterocycles. The lowest BCUT2D eigenvalue weighted by atomic mass is 10.1. The second-order valence-corrected chi connectivity index (χ2v) is 5.20. The third-order valence-corrected chi connectivity index (χ3v) is 3.70. The van der Waals surface area contributed by atoms with Crippen molar-refractivity contribution in [1.82, 2.24) is 15.3 Å². The molecule has 1 aliphatic rings. The predicted octanol–water partition coefficient (Wildman–Crippen LogP) is 1.78. The molecule has 1 aliphatic heterocycles. The molecular formula is C15H18N4O2. The number of anilines is 1. The number of aryl methyl sites for hydroxylation is 1. The molecule has 1 atom stereocenters. The van der Waals surface area contributed by atoms with Crippen molar-refractivity contribution in [3.8, 4) is 0 Å². The predicted molar refractivity (Wildman–Crippen MR) is 78.2 cm³/mol. The Balaban J connectivity index is 1.64. The number of furan rings is 1. The summed E-state index contributed by atoms with van der Waals surface area (Å²) < 4.78 is 5.17. The average molecular weight is 286 g/mol. The van der Waals surface area contributed by atoms with Crippen molar-refractivity contribution in [3.63, 3.8) is 0 Å². The van der Waals surface area contributed by atoms with E-state index in [0.717, 1.165) is 31.9 Å². The van der Waals surface area contributed by atoms with Crippen molar-refractivity contribution in [2.45, 2.75) is 25.8 Å². The van der Waals surface area contributed by atoms with Crippen molar-refractivity contribution in [3.05, 3.63) is 42.1 Å². The zero-order valence-corrected chi connectivity index (χ0v) is 12.0. The Morgan fingerprint density at radius 3 is 2.95 bits per heavy atom. The minimum absolute atomic E-state index is 0.0814. The van der Waals surface area contributed by atoms with Gasteiger partial charge in [0.2, 0.25) is 5.95 Å². The van der Waals surface area contributed by atoms with Crippen molar-refractivity contribution < 1.29 is 9.21 Å². The van der Waals surface area contributed by atoms with Crippen LogP contribution in [0.5, 0.6) is 0 Å². The Morgan fingerprint density at radius 2 is 2.24 bits per heavy atom. The van der Waals surface area contributed by atoms with Crippen LogP contribution in [-0.2, 0) is 0 Å². The van der Waals surface area contributed by atoms with Crippen LogP contribution in [0.2, 0.25) is 0 Å². The second-order valence-electron chi connectivity index (χ2n) is 5.20. The van der Waals surface area contributed by atoms with E-state index in [0.29, 0.717) is 11.3 Å². The van der Waals surface area contributed by atoms with E-state index in [4.69, 9.17) is 4.42 Å². The molecule has 0 radical (unpaired) electrons. The molecule has 6 heteroatoms. The fourth-order valence-corrected chi connectivity index (χ4v) is 2.61. The Hall–Kier alpha value is -2.37. The summed E-state index contributed by atoms with van der Waals surface area (Å²) in [6.45, 7) is 3.44. The third-order valence-electron chi connectivity index (χ3n) is 3.70. The van der Waals surface area contributed by atoms with Crippen LogP contribution in [0, 0.1) is 6.92 Å². The maximum Gasteiger partial charge on any atom is 0.255 e. The fourth-order valence-electron chi connectivity index (χ4n) is 2.61. The van der Waals surface area contributed by atoms with Crippen LogP contribution in [0.15, 0.2) is 35.2 Å². The zero-order chi connectivity index (χ0) is 14.7. The first kappa shape index (κ1) is 13.6. The van der Waals surface area contributed by atoms with Crippen LogP contribution in [0.1, 0.15) is 29.0 Å². The molecule has 3 heterocycles.